The fourth-order valence-electron chi connectivity index (χ4n) is 2.21. The van der Waals surface area contributed by atoms with Crippen molar-refractivity contribution < 1.29 is 4.74 Å². The maximum atomic E-state index is 9.00. The zero-order chi connectivity index (χ0) is 13.1. The molecule has 19 heavy (non-hydrogen) atoms. The Morgan fingerprint density at radius 2 is 2.21 bits per heavy atom. The highest BCUT2D eigenvalue weighted by atomic mass is 35.5. The van der Waals surface area contributed by atoms with Gasteiger partial charge in [0.1, 0.15) is 6.07 Å². The molecule has 1 aliphatic heterocycles. The van der Waals surface area contributed by atoms with E-state index in [-0.39, 0.29) is 18.5 Å². The van der Waals surface area contributed by atoms with Crippen LogP contribution in [0.15, 0.2) is 18.2 Å². The molecule has 0 radical (unpaired) electrons. The van der Waals surface area contributed by atoms with Gasteiger partial charge < -0.3 is 10.5 Å². The minimum absolute atomic E-state index is 0. The maximum absolute atomic E-state index is 9.00. The summed E-state index contributed by atoms with van der Waals surface area (Å²) in [5.74, 6) is 0. The molecule has 1 heterocycles. The zero-order valence-corrected chi connectivity index (χ0v) is 12.1. The van der Waals surface area contributed by atoms with Crippen LogP contribution in [0.2, 0.25) is 0 Å². The number of hydrogen-bond donors (Lipinski definition) is 1. The number of nitrogens with zero attached hydrogens (tertiary/aromatic N) is 2. The van der Waals surface area contributed by atoms with Gasteiger partial charge in [-0.15, -0.1) is 12.4 Å². The molecule has 1 aromatic rings. The molecule has 5 heteroatoms. The van der Waals surface area contributed by atoms with Gasteiger partial charge in [0.25, 0.3) is 0 Å². The fraction of sp³-hybridized carbons (Fsp3) is 0.500. The number of rotatable bonds is 2. The Kier molecular flexibility index (Phi) is 5.61. The molecule has 0 saturated carbocycles. The van der Waals surface area contributed by atoms with Crippen molar-refractivity contribution in [2.75, 3.05) is 25.4 Å². The van der Waals surface area contributed by atoms with Crippen LogP contribution in [0, 0.1) is 11.3 Å². The van der Waals surface area contributed by atoms with E-state index in [9.17, 15) is 0 Å². The predicted molar refractivity (Wildman–Crippen MR) is 78.2 cm³/mol. The number of nitrogen functional groups attached to an aromatic ring is 1. The highest BCUT2D eigenvalue weighted by Gasteiger charge is 2.23. The van der Waals surface area contributed by atoms with E-state index in [1.165, 1.54) is 0 Å². The van der Waals surface area contributed by atoms with E-state index in [2.05, 4.69) is 24.8 Å². The third kappa shape index (κ3) is 3.60. The smallest absolute Gasteiger partial charge is 0.101 e. The summed E-state index contributed by atoms with van der Waals surface area (Å²) in [6.45, 7) is 6.94. The SMILES string of the molecule is CC(C)N1CCOC(c2ccc(N)c(C#N)c2)C1.Cl. The predicted octanol–water partition coefficient (Wildman–Crippen LogP) is 2.34. The second-order valence-electron chi connectivity index (χ2n) is 4.91. The Morgan fingerprint density at radius 1 is 1.47 bits per heavy atom. The first-order valence-electron chi connectivity index (χ1n) is 6.27. The van der Waals surface area contributed by atoms with Crippen LogP contribution in [0.3, 0.4) is 0 Å². The Morgan fingerprint density at radius 3 is 2.84 bits per heavy atom. The third-order valence-electron chi connectivity index (χ3n) is 3.40. The topological polar surface area (TPSA) is 62.3 Å². The van der Waals surface area contributed by atoms with Gasteiger partial charge in [-0.1, -0.05) is 6.07 Å². The summed E-state index contributed by atoms with van der Waals surface area (Å²) < 4.78 is 5.79. The molecule has 1 saturated heterocycles. The molecule has 0 aromatic heterocycles. The van der Waals surface area contributed by atoms with Gasteiger partial charge in [0.2, 0.25) is 0 Å². The van der Waals surface area contributed by atoms with Crippen LogP contribution in [0.5, 0.6) is 0 Å². The Balaban J connectivity index is 0.00000180. The average molecular weight is 282 g/mol. The van der Waals surface area contributed by atoms with E-state index in [4.69, 9.17) is 15.7 Å². The molecule has 4 nitrogen and oxygen atoms in total. The molecule has 1 fully saturated rings. The molecule has 1 aliphatic rings. The van der Waals surface area contributed by atoms with Crippen LogP contribution in [-0.4, -0.2) is 30.6 Å². The van der Waals surface area contributed by atoms with Crippen molar-refractivity contribution in [1.29, 1.82) is 5.26 Å². The number of halogens is 1. The van der Waals surface area contributed by atoms with Crippen molar-refractivity contribution >= 4 is 18.1 Å². The van der Waals surface area contributed by atoms with Gasteiger partial charge in [-0.2, -0.15) is 5.26 Å². The number of nitrogens with two attached hydrogens (primary N) is 1. The number of anilines is 1. The summed E-state index contributed by atoms with van der Waals surface area (Å²) in [7, 11) is 0. The van der Waals surface area contributed by atoms with E-state index in [0.717, 1.165) is 25.3 Å². The summed E-state index contributed by atoms with van der Waals surface area (Å²) >= 11 is 0. The van der Waals surface area contributed by atoms with E-state index >= 15 is 0 Å². The van der Waals surface area contributed by atoms with Gasteiger partial charge in [-0.25, -0.2) is 0 Å². The van der Waals surface area contributed by atoms with E-state index < -0.39 is 0 Å². The normalized spacial score (nSPS) is 19.8. The molecule has 104 valence electrons. The molecule has 0 spiro atoms. The number of hydrogen-bond acceptors (Lipinski definition) is 4. The molecule has 0 aliphatic carbocycles. The van der Waals surface area contributed by atoms with Crippen molar-refractivity contribution in [3.8, 4) is 6.07 Å². The lowest BCUT2D eigenvalue weighted by Crippen LogP contribution is -2.42. The van der Waals surface area contributed by atoms with Gasteiger partial charge >= 0.3 is 0 Å². The zero-order valence-electron chi connectivity index (χ0n) is 11.3. The maximum Gasteiger partial charge on any atom is 0.101 e. The Labute approximate surface area is 120 Å². The first kappa shape index (κ1) is 15.8. The molecular formula is C14H20ClN3O. The van der Waals surface area contributed by atoms with Gasteiger partial charge in [0.15, 0.2) is 0 Å². The second-order valence-corrected chi connectivity index (χ2v) is 4.91. The Bertz CT molecular complexity index is 470. The molecular weight excluding hydrogens is 262 g/mol. The van der Waals surface area contributed by atoms with Crippen LogP contribution in [0.25, 0.3) is 0 Å². The number of benzene rings is 1. The van der Waals surface area contributed by atoms with Crippen molar-refractivity contribution in [2.24, 2.45) is 0 Å². The van der Waals surface area contributed by atoms with Crippen LogP contribution in [0.1, 0.15) is 31.1 Å². The lowest BCUT2D eigenvalue weighted by Gasteiger charge is -2.35. The summed E-state index contributed by atoms with van der Waals surface area (Å²) in [6.07, 6.45) is 0.0360. The highest BCUT2D eigenvalue weighted by Crippen LogP contribution is 2.25. The minimum atomic E-state index is 0. The summed E-state index contributed by atoms with van der Waals surface area (Å²) in [4.78, 5) is 2.39. The summed E-state index contributed by atoms with van der Waals surface area (Å²) in [5, 5.41) is 9.00. The van der Waals surface area contributed by atoms with E-state index in [1.54, 1.807) is 6.07 Å². The largest absolute Gasteiger partial charge is 0.398 e. The van der Waals surface area contributed by atoms with Crippen LogP contribution < -0.4 is 5.73 Å². The third-order valence-corrected chi connectivity index (χ3v) is 3.40. The van der Waals surface area contributed by atoms with Crippen LogP contribution in [-0.2, 0) is 4.74 Å². The van der Waals surface area contributed by atoms with E-state index in [1.807, 2.05) is 12.1 Å². The second kappa shape index (κ2) is 6.76. The van der Waals surface area contributed by atoms with Crippen LogP contribution in [0.4, 0.5) is 5.69 Å². The van der Waals surface area contributed by atoms with E-state index in [0.29, 0.717) is 17.3 Å². The van der Waals surface area contributed by atoms with Gasteiger partial charge in [-0.3, -0.25) is 4.90 Å². The Hall–Kier alpha value is -1.28. The molecule has 1 aromatic carbocycles. The molecule has 0 amide bonds. The number of ether oxygens (including phenoxy) is 1. The van der Waals surface area contributed by atoms with Crippen LogP contribution >= 0.6 is 12.4 Å². The molecule has 2 N–H and O–H groups in total. The number of morpholine rings is 1. The average Bonchev–Trinajstić information content (AvgIpc) is 2.39. The first-order valence-corrected chi connectivity index (χ1v) is 6.27. The molecule has 1 unspecified atom stereocenters. The van der Waals surface area contributed by atoms with Crippen molar-refractivity contribution in [2.45, 2.75) is 26.0 Å². The van der Waals surface area contributed by atoms with Gasteiger partial charge in [-0.05, 0) is 31.5 Å². The lowest BCUT2D eigenvalue weighted by atomic mass is 10.0. The van der Waals surface area contributed by atoms with Gasteiger partial charge in [0.05, 0.1) is 18.3 Å². The fourth-order valence-corrected chi connectivity index (χ4v) is 2.21. The molecule has 2 rings (SSSR count). The highest BCUT2D eigenvalue weighted by molar-refractivity contribution is 5.85. The number of nitriles is 1. The van der Waals surface area contributed by atoms with Crippen molar-refractivity contribution in [3.63, 3.8) is 0 Å². The van der Waals surface area contributed by atoms with Crippen molar-refractivity contribution in [3.05, 3.63) is 29.3 Å². The summed E-state index contributed by atoms with van der Waals surface area (Å²) in [5.41, 5.74) is 7.82. The quantitative estimate of drug-likeness (QED) is 0.845. The molecule has 1 atom stereocenters. The molecule has 0 bridgehead atoms. The monoisotopic (exact) mass is 281 g/mol. The van der Waals surface area contributed by atoms with Gasteiger partial charge in [0, 0.05) is 24.8 Å². The van der Waals surface area contributed by atoms with Crippen molar-refractivity contribution in [1.82, 2.24) is 4.90 Å². The minimum Gasteiger partial charge on any atom is -0.398 e. The summed E-state index contributed by atoms with van der Waals surface area (Å²) in [6, 6.07) is 8.20. The standard InChI is InChI=1S/C14H19N3O.ClH/c1-10(2)17-5-6-18-14(9-17)11-3-4-13(16)12(7-11)8-15;/h3-4,7,10,14H,5-6,9,16H2,1-2H3;1H. The first-order chi connectivity index (χ1) is 8.61. The lowest BCUT2D eigenvalue weighted by molar-refractivity contribution is -0.0402.